The maximum atomic E-state index is 7.18. The van der Waals surface area contributed by atoms with Crippen LogP contribution in [0.15, 0.2) is 24.3 Å². The average Bonchev–Trinajstić information content (AvgIpc) is 2.66. The van der Waals surface area contributed by atoms with Crippen molar-refractivity contribution in [2.75, 3.05) is 11.5 Å². The molecule has 0 aliphatic rings. The van der Waals surface area contributed by atoms with Gasteiger partial charge in [0.05, 0.1) is 27.5 Å². The number of hydrogen-bond donors (Lipinski definition) is 2. The van der Waals surface area contributed by atoms with Crippen LogP contribution in [0.3, 0.4) is 0 Å². The Bertz CT molecular complexity index is 916. The number of nitrogens with two attached hydrogens (primary N) is 2. The van der Waals surface area contributed by atoms with Crippen molar-refractivity contribution in [1.29, 1.82) is 0 Å². The van der Waals surface area contributed by atoms with Crippen molar-refractivity contribution >= 4 is 48.7 Å². The Kier molecular flexibility index (Phi) is 14.6. The van der Waals surface area contributed by atoms with Crippen LogP contribution in [0.25, 0.3) is 10.8 Å². The maximum absolute atomic E-state index is 7.18. The predicted molar refractivity (Wildman–Crippen MR) is 154 cm³/mol. The van der Waals surface area contributed by atoms with E-state index in [1.54, 1.807) is 5.19 Å². The van der Waals surface area contributed by atoms with Crippen molar-refractivity contribution in [1.82, 2.24) is 0 Å². The minimum Gasteiger partial charge on any atom is -1.00 e. The molecule has 0 atom stereocenters. The monoisotopic (exact) mass is 588 g/mol. The molecule has 0 saturated carbocycles. The second-order valence-corrected chi connectivity index (χ2v) is 23.6. The molecule has 2 aromatic rings. The van der Waals surface area contributed by atoms with E-state index in [4.69, 9.17) is 11.5 Å². The zero-order valence-corrected chi connectivity index (χ0v) is 29.3. The van der Waals surface area contributed by atoms with E-state index < -0.39 is 16.1 Å². The summed E-state index contributed by atoms with van der Waals surface area (Å²) in [6.07, 6.45) is 0. The van der Waals surface area contributed by atoms with E-state index >= 15 is 0 Å². The van der Waals surface area contributed by atoms with Gasteiger partial charge in [0.25, 0.3) is 0 Å². The molecule has 198 valence electrons. The molecule has 2 rings (SSSR count). The van der Waals surface area contributed by atoms with Gasteiger partial charge in [-0.2, -0.15) is 0 Å². The van der Waals surface area contributed by atoms with Crippen LogP contribution in [0.2, 0.25) is 33.2 Å². The summed E-state index contributed by atoms with van der Waals surface area (Å²) in [4.78, 5) is 0. The van der Waals surface area contributed by atoms with Crippen molar-refractivity contribution in [3.05, 3.63) is 24.3 Å². The third-order valence-corrected chi connectivity index (χ3v) is 23.4. The molecule has 0 fully saturated rings. The number of halogens is 2. The first kappa shape index (κ1) is 37.2. The number of fused-ring (bicyclic) bond motifs is 1. The average molecular weight is 590 g/mol. The van der Waals surface area contributed by atoms with Gasteiger partial charge in [0.1, 0.15) is 0 Å². The molecule has 0 amide bonds. The van der Waals surface area contributed by atoms with Crippen molar-refractivity contribution in [2.45, 2.75) is 116 Å². The number of hydrogen-bond acceptors (Lipinski definition) is 2. The van der Waals surface area contributed by atoms with Gasteiger partial charge in [0, 0.05) is 5.39 Å². The summed E-state index contributed by atoms with van der Waals surface area (Å²) in [5.74, 6) is 0. The topological polar surface area (TPSA) is 52.0 Å². The largest absolute Gasteiger partial charge is 2.00 e. The minimum absolute atomic E-state index is 0. The van der Waals surface area contributed by atoms with E-state index in [1.807, 2.05) is 0 Å². The molecule has 7 heteroatoms. The number of rotatable bonds is 8. The molecule has 0 aromatic heterocycles. The molecular weight excluding hydrogens is 539 g/mol. The molecule has 0 heterocycles. The summed E-state index contributed by atoms with van der Waals surface area (Å²) in [7, 11) is -4.07. The van der Waals surface area contributed by atoms with Gasteiger partial charge in [-0.3, -0.25) is 0 Å². The normalized spacial score (nSPS) is 12.5. The van der Waals surface area contributed by atoms with Crippen molar-refractivity contribution in [3.8, 4) is 0 Å². The predicted octanol–water partition coefficient (Wildman–Crippen LogP) is 1.78. The molecule has 0 aliphatic heterocycles. The smallest absolute Gasteiger partial charge is 1.00 e. The van der Waals surface area contributed by atoms with Crippen molar-refractivity contribution < 1.29 is 46.5 Å². The van der Waals surface area contributed by atoms with E-state index in [0.717, 1.165) is 16.8 Å². The summed E-state index contributed by atoms with van der Waals surface area (Å²) in [6, 6.07) is 8.86. The van der Waals surface area contributed by atoms with Crippen molar-refractivity contribution in [2.24, 2.45) is 0 Å². The Labute approximate surface area is 245 Å². The van der Waals surface area contributed by atoms with E-state index in [-0.39, 0.29) is 46.5 Å². The van der Waals surface area contributed by atoms with Gasteiger partial charge < -0.3 is 36.3 Å². The first-order chi connectivity index (χ1) is 14.7. The molecule has 2 nitrogen and oxygen atoms in total. The molecule has 0 unspecified atom stereocenters. The number of anilines is 2. The fraction of sp³-hybridized carbons (Fsp3) is 0.643. The Morgan fingerprint density at radius 2 is 0.771 bits per heavy atom. The fourth-order valence-electron chi connectivity index (χ4n) is 8.12. The van der Waals surface area contributed by atoms with Crippen LogP contribution in [0, 0.1) is 0 Å². The Hall–Kier alpha value is 0.0281. The van der Waals surface area contributed by atoms with Crippen LogP contribution in [-0.4, -0.2) is 16.1 Å². The van der Waals surface area contributed by atoms with Crippen LogP contribution in [-0.2, 0) is 21.7 Å². The number of nitrogen functional groups attached to an aromatic ring is 2. The maximum Gasteiger partial charge on any atom is 2.00 e. The van der Waals surface area contributed by atoms with Crippen molar-refractivity contribution in [3.63, 3.8) is 0 Å². The Balaban J connectivity index is 0. The first-order valence-corrected chi connectivity index (χ1v) is 17.3. The minimum atomic E-state index is -2.06. The van der Waals surface area contributed by atoms with Gasteiger partial charge in [-0.25, -0.2) is 0 Å². The summed E-state index contributed by atoms with van der Waals surface area (Å²) < 4.78 is 0. The van der Waals surface area contributed by atoms with Crippen LogP contribution >= 0.6 is 0 Å². The Morgan fingerprint density at radius 3 is 1.09 bits per heavy atom. The molecule has 0 aliphatic carbocycles. The van der Waals surface area contributed by atoms with E-state index in [2.05, 4.69) is 107 Å². The molecule has 35 heavy (non-hydrogen) atoms. The van der Waals surface area contributed by atoms with Gasteiger partial charge >= 0.3 is 21.7 Å². The van der Waals surface area contributed by atoms with Gasteiger partial charge in [-0.15, -0.1) is 0 Å². The standard InChI is InChI=1S/C28H50N2Si2.2ClH.Ti/c1-17(2)31(18(3)4,19(5)6)27-24-16-14-13-15-23(24)25(29)26(30)28(27)32(20(7)8,21(9)10)22(11)12;;;/h13-22H,29-30H2,1-12H3;2*1H;/q;;;+2/p-2. The molecule has 0 radical (unpaired) electrons. The van der Waals surface area contributed by atoms with Gasteiger partial charge in [-0.1, -0.05) is 107 Å². The second kappa shape index (κ2) is 13.7. The summed E-state index contributed by atoms with van der Waals surface area (Å²) >= 11 is 0. The SMILES string of the molecule is CC(C)[Si](c1c(N)c(N)c2ccccc2c1[Si](C(C)C)(C(C)C)C(C)C)(C(C)C)C(C)C.[Cl-].[Cl-].[Ti+2]. The summed E-state index contributed by atoms with van der Waals surface area (Å²) in [6.45, 7) is 29.5. The van der Waals surface area contributed by atoms with Crippen LogP contribution in [0.5, 0.6) is 0 Å². The quantitative estimate of drug-likeness (QED) is 0.365. The van der Waals surface area contributed by atoms with Gasteiger partial charge in [-0.05, 0) is 49.0 Å². The zero-order valence-electron chi connectivity index (χ0n) is 24.2. The van der Waals surface area contributed by atoms with E-state index in [1.165, 1.54) is 10.6 Å². The first-order valence-electron chi connectivity index (χ1n) is 12.8. The van der Waals surface area contributed by atoms with Crippen LogP contribution in [0.4, 0.5) is 11.4 Å². The summed E-state index contributed by atoms with van der Waals surface area (Å²) in [5.41, 5.74) is 19.4. The van der Waals surface area contributed by atoms with Gasteiger partial charge in [0.2, 0.25) is 0 Å². The summed E-state index contributed by atoms with van der Waals surface area (Å²) in [5, 5.41) is 5.72. The molecule has 0 spiro atoms. The van der Waals surface area contributed by atoms with E-state index in [0.29, 0.717) is 33.2 Å². The molecular formula is C28H50Cl2N2Si2Ti. The molecule has 4 N–H and O–H groups in total. The van der Waals surface area contributed by atoms with Gasteiger partial charge in [0.15, 0.2) is 0 Å². The molecule has 0 saturated heterocycles. The second-order valence-electron chi connectivity index (χ2n) is 11.9. The third kappa shape index (κ3) is 5.59. The molecule has 0 bridgehead atoms. The van der Waals surface area contributed by atoms with Crippen LogP contribution in [0.1, 0.15) is 83.1 Å². The Morgan fingerprint density at radius 1 is 0.486 bits per heavy atom. The number of benzene rings is 2. The zero-order chi connectivity index (χ0) is 24.8. The third-order valence-electron chi connectivity index (χ3n) is 8.89. The fourth-order valence-corrected chi connectivity index (χ4v) is 23.3. The molecule has 2 aromatic carbocycles. The van der Waals surface area contributed by atoms with E-state index in [9.17, 15) is 0 Å². The van der Waals surface area contributed by atoms with Crippen LogP contribution < -0.4 is 46.7 Å².